The van der Waals surface area contributed by atoms with Crippen LogP contribution in [0.2, 0.25) is 0 Å². The fourth-order valence-electron chi connectivity index (χ4n) is 1.21. The minimum Gasteiger partial charge on any atom is -0.366 e. The SMILES string of the molecule is NC(=O)c1cc(N=O)c(C(N)=O)c(N=O)c1I. The largest absolute Gasteiger partial charge is 0.366 e. The fraction of sp³-hybridized carbons (Fsp3) is 0. The first-order chi connectivity index (χ1) is 7.93. The molecule has 4 N–H and O–H groups in total. The van der Waals surface area contributed by atoms with Gasteiger partial charge in [0.25, 0.3) is 5.91 Å². The molecule has 0 aliphatic carbocycles. The Labute approximate surface area is 108 Å². The minimum atomic E-state index is -1.04. The zero-order valence-corrected chi connectivity index (χ0v) is 10.3. The molecule has 0 aliphatic rings. The molecule has 9 heteroatoms. The number of carbonyl (C=O) groups excluding carboxylic acids is 2. The van der Waals surface area contributed by atoms with Crippen LogP contribution in [0.5, 0.6) is 0 Å². The summed E-state index contributed by atoms with van der Waals surface area (Å²) < 4.78 is 0.0475. The van der Waals surface area contributed by atoms with E-state index in [1.165, 1.54) is 0 Å². The van der Waals surface area contributed by atoms with E-state index in [4.69, 9.17) is 11.5 Å². The molecule has 0 spiro atoms. The quantitative estimate of drug-likeness (QED) is 0.623. The summed E-state index contributed by atoms with van der Waals surface area (Å²) in [5.74, 6) is -1.91. The molecular formula is C8H5IN4O4. The number of halogens is 1. The van der Waals surface area contributed by atoms with E-state index < -0.39 is 28.8 Å². The monoisotopic (exact) mass is 348 g/mol. The highest BCUT2D eigenvalue weighted by Crippen LogP contribution is 2.35. The number of hydrogen-bond acceptors (Lipinski definition) is 6. The van der Waals surface area contributed by atoms with E-state index in [-0.39, 0.29) is 9.13 Å². The summed E-state index contributed by atoms with van der Waals surface area (Å²) >= 11 is 1.60. The van der Waals surface area contributed by atoms with E-state index in [0.29, 0.717) is 0 Å². The van der Waals surface area contributed by atoms with Gasteiger partial charge in [0.05, 0.1) is 14.7 Å². The molecular weight excluding hydrogens is 343 g/mol. The van der Waals surface area contributed by atoms with Crippen molar-refractivity contribution in [2.45, 2.75) is 0 Å². The van der Waals surface area contributed by atoms with Crippen molar-refractivity contribution in [3.05, 3.63) is 30.6 Å². The third kappa shape index (κ3) is 2.27. The van der Waals surface area contributed by atoms with Crippen molar-refractivity contribution in [3.63, 3.8) is 0 Å². The van der Waals surface area contributed by atoms with Gasteiger partial charge in [0, 0.05) is 0 Å². The lowest BCUT2D eigenvalue weighted by atomic mass is 10.1. The third-order valence-corrected chi connectivity index (χ3v) is 3.01. The van der Waals surface area contributed by atoms with Gasteiger partial charge in [-0.2, -0.15) is 0 Å². The molecule has 0 fully saturated rings. The van der Waals surface area contributed by atoms with Gasteiger partial charge in [-0.1, -0.05) is 0 Å². The van der Waals surface area contributed by atoms with Crippen molar-refractivity contribution in [3.8, 4) is 0 Å². The summed E-state index contributed by atoms with van der Waals surface area (Å²) in [6.07, 6.45) is 0. The van der Waals surface area contributed by atoms with Crippen LogP contribution in [0.3, 0.4) is 0 Å². The van der Waals surface area contributed by atoms with Crippen LogP contribution in [0.1, 0.15) is 20.7 Å². The number of hydrogen-bond donors (Lipinski definition) is 2. The average molecular weight is 348 g/mol. The molecule has 0 saturated carbocycles. The van der Waals surface area contributed by atoms with Crippen LogP contribution >= 0.6 is 22.6 Å². The number of benzene rings is 1. The van der Waals surface area contributed by atoms with Gasteiger partial charge in [-0.05, 0) is 39.0 Å². The lowest BCUT2D eigenvalue weighted by Gasteiger charge is -2.07. The maximum absolute atomic E-state index is 11.1. The number of carbonyl (C=O) groups is 2. The summed E-state index contributed by atoms with van der Waals surface area (Å²) in [4.78, 5) is 43.3. The molecule has 0 unspecified atom stereocenters. The molecule has 0 aliphatic heterocycles. The van der Waals surface area contributed by atoms with Gasteiger partial charge >= 0.3 is 0 Å². The second-order valence-corrected chi connectivity index (χ2v) is 3.97. The molecule has 1 aromatic carbocycles. The van der Waals surface area contributed by atoms with Crippen LogP contribution in [0.4, 0.5) is 11.4 Å². The molecule has 0 aromatic heterocycles. The van der Waals surface area contributed by atoms with Crippen molar-refractivity contribution < 1.29 is 9.59 Å². The Morgan fingerprint density at radius 3 is 2.06 bits per heavy atom. The van der Waals surface area contributed by atoms with Gasteiger partial charge in [0.15, 0.2) is 0 Å². The van der Waals surface area contributed by atoms with Crippen LogP contribution < -0.4 is 11.5 Å². The summed E-state index contributed by atoms with van der Waals surface area (Å²) in [5, 5.41) is 5.10. The first-order valence-electron chi connectivity index (χ1n) is 4.06. The number of nitrogens with two attached hydrogens (primary N) is 2. The number of nitroso groups, excluding NO2 is 2. The lowest BCUT2D eigenvalue weighted by molar-refractivity contribution is 0.0988. The molecule has 0 heterocycles. The van der Waals surface area contributed by atoms with E-state index in [1.807, 2.05) is 0 Å². The lowest BCUT2D eigenvalue weighted by Crippen LogP contribution is -2.16. The first-order valence-corrected chi connectivity index (χ1v) is 5.14. The Morgan fingerprint density at radius 2 is 1.71 bits per heavy atom. The summed E-state index contributed by atoms with van der Waals surface area (Å²) in [7, 11) is 0. The zero-order chi connectivity index (χ0) is 13.2. The molecule has 17 heavy (non-hydrogen) atoms. The van der Waals surface area contributed by atoms with Crippen molar-refractivity contribution in [1.82, 2.24) is 0 Å². The standard InChI is InChI=1S/C8H5IN4O4/c9-5-2(7(10)14)1-3(12-16)4(8(11)15)6(5)13-17/h1H,(H2,10,14)(H2,11,15). The molecule has 0 atom stereocenters. The molecule has 1 aromatic rings. The Morgan fingerprint density at radius 1 is 1.12 bits per heavy atom. The summed E-state index contributed by atoms with van der Waals surface area (Å²) in [6.45, 7) is 0. The maximum atomic E-state index is 11.1. The Hall–Kier alpha value is -1.91. The van der Waals surface area contributed by atoms with E-state index >= 15 is 0 Å². The topological polar surface area (TPSA) is 145 Å². The molecule has 0 bridgehead atoms. The maximum Gasteiger partial charge on any atom is 0.253 e. The number of nitrogens with zero attached hydrogens (tertiary/aromatic N) is 2. The Kier molecular flexibility index (Phi) is 3.83. The highest BCUT2D eigenvalue weighted by atomic mass is 127. The van der Waals surface area contributed by atoms with E-state index in [9.17, 15) is 19.4 Å². The van der Waals surface area contributed by atoms with Crippen molar-refractivity contribution in [1.29, 1.82) is 0 Å². The van der Waals surface area contributed by atoms with Gasteiger partial charge in [0.1, 0.15) is 11.4 Å². The highest BCUT2D eigenvalue weighted by molar-refractivity contribution is 14.1. The third-order valence-electron chi connectivity index (χ3n) is 1.92. The molecule has 8 nitrogen and oxygen atoms in total. The summed E-state index contributed by atoms with van der Waals surface area (Å²) in [5.41, 5.74) is 8.64. The van der Waals surface area contributed by atoms with Gasteiger partial charge in [-0.3, -0.25) is 9.59 Å². The predicted molar refractivity (Wildman–Crippen MR) is 67.1 cm³/mol. The zero-order valence-electron chi connectivity index (χ0n) is 8.14. The van der Waals surface area contributed by atoms with Gasteiger partial charge < -0.3 is 11.5 Å². The Balaban J connectivity index is 3.79. The van der Waals surface area contributed by atoms with Crippen molar-refractivity contribution in [2.75, 3.05) is 0 Å². The van der Waals surface area contributed by atoms with Crippen molar-refractivity contribution >= 4 is 45.8 Å². The van der Waals surface area contributed by atoms with Crippen LogP contribution in [-0.4, -0.2) is 11.8 Å². The number of rotatable bonds is 4. The minimum absolute atomic E-state index is 0.0475. The van der Waals surface area contributed by atoms with Crippen LogP contribution in [0, 0.1) is 13.4 Å². The van der Waals surface area contributed by atoms with Crippen LogP contribution in [0.15, 0.2) is 16.4 Å². The van der Waals surface area contributed by atoms with Gasteiger partial charge in [0.2, 0.25) is 5.91 Å². The molecule has 0 saturated heterocycles. The molecule has 2 amide bonds. The van der Waals surface area contributed by atoms with Crippen LogP contribution in [-0.2, 0) is 0 Å². The van der Waals surface area contributed by atoms with E-state index in [2.05, 4.69) is 10.4 Å². The molecule has 1 rings (SSSR count). The second kappa shape index (κ2) is 4.95. The van der Waals surface area contributed by atoms with E-state index in [1.54, 1.807) is 22.6 Å². The highest BCUT2D eigenvalue weighted by Gasteiger charge is 2.23. The predicted octanol–water partition coefficient (Wildman–Crippen LogP) is 1.28. The number of amides is 2. The normalized spacial score (nSPS) is 9.71. The van der Waals surface area contributed by atoms with Crippen molar-refractivity contribution in [2.24, 2.45) is 21.8 Å². The fourth-order valence-corrected chi connectivity index (χ4v) is 2.00. The van der Waals surface area contributed by atoms with Gasteiger partial charge in [-0.25, -0.2) is 0 Å². The molecule has 0 radical (unpaired) electrons. The van der Waals surface area contributed by atoms with Gasteiger partial charge in [-0.15, -0.1) is 9.81 Å². The average Bonchev–Trinajstić information content (AvgIpc) is 2.27. The number of primary amides is 2. The molecule has 88 valence electrons. The Bertz CT molecular complexity index is 543. The smallest absolute Gasteiger partial charge is 0.253 e. The first kappa shape index (κ1) is 13.2. The van der Waals surface area contributed by atoms with Crippen LogP contribution in [0.25, 0.3) is 0 Å². The second-order valence-electron chi connectivity index (χ2n) is 2.89. The summed E-state index contributed by atoms with van der Waals surface area (Å²) in [6, 6.07) is 0.992. The van der Waals surface area contributed by atoms with E-state index in [0.717, 1.165) is 6.07 Å².